The molecular formula is C83H75Ir4N5O10S3-4. The molecule has 4 aromatic heterocycles. The van der Waals surface area contributed by atoms with E-state index in [0.29, 0.717) is 5.75 Å². The van der Waals surface area contributed by atoms with E-state index in [0.717, 1.165) is 69.9 Å². The molecule has 15 nitrogen and oxygen atoms in total. The largest absolute Gasteiger partial charge is 0.512 e. The zero-order valence-corrected chi connectivity index (χ0v) is 70.7. The summed E-state index contributed by atoms with van der Waals surface area (Å²) in [4.78, 5) is 72.7. The van der Waals surface area contributed by atoms with Gasteiger partial charge in [0.05, 0.1) is 50.2 Å². The zero-order chi connectivity index (χ0) is 73.0. The fourth-order valence-corrected chi connectivity index (χ4v) is 12.4. The number of aliphatic hydroxyl groups is 4. The Kier molecular flexibility index (Phi) is 39.5. The van der Waals surface area contributed by atoms with Crippen molar-refractivity contribution in [2.75, 3.05) is 19.0 Å². The second kappa shape index (κ2) is 46.0. The Hall–Kier alpha value is -9.10. The fraction of sp³-hybridized carbons (Fsp3) is 0.133. The van der Waals surface area contributed by atoms with Gasteiger partial charge in [-0.25, -0.2) is 4.98 Å². The Balaban J connectivity index is 0.000000324. The molecule has 0 bridgehead atoms. The van der Waals surface area contributed by atoms with Crippen molar-refractivity contribution in [3.63, 3.8) is 0 Å². The number of para-hydroxylation sites is 3. The van der Waals surface area contributed by atoms with Crippen molar-refractivity contribution < 1.29 is 130 Å². The van der Waals surface area contributed by atoms with Crippen LogP contribution < -0.4 is 9.64 Å². The summed E-state index contributed by atoms with van der Waals surface area (Å²) in [6, 6.07) is 78.7. The number of fused-ring (bicyclic) bond motifs is 6. The van der Waals surface area contributed by atoms with E-state index in [2.05, 4.69) is 98.8 Å². The van der Waals surface area contributed by atoms with Gasteiger partial charge in [0.25, 0.3) is 0 Å². The Bertz CT molecular complexity index is 4780. The Labute approximate surface area is 677 Å². The number of hydrogen-bond donors (Lipinski definition) is 4. The summed E-state index contributed by atoms with van der Waals surface area (Å²) in [5.74, 6) is -0.351. The van der Waals surface area contributed by atoms with E-state index in [1.165, 1.54) is 122 Å². The molecule has 1 unspecified atom stereocenters. The molecule has 0 saturated heterocycles. The van der Waals surface area contributed by atoms with Crippen molar-refractivity contribution in [2.24, 2.45) is 0 Å². The number of pyridine rings is 1. The number of nitrogens with zero attached hydrogens (tertiary/aromatic N) is 5. The minimum absolute atomic E-state index is 0. The Morgan fingerprint density at radius 2 is 0.886 bits per heavy atom. The van der Waals surface area contributed by atoms with E-state index in [9.17, 15) is 24.0 Å². The van der Waals surface area contributed by atoms with Crippen LogP contribution in [0.25, 0.3) is 84.6 Å². The predicted molar refractivity (Wildman–Crippen MR) is 412 cm³/mol. The molecule has 0 spiro atoms. The molecule has 1 aliphatic rings. The molecule has 0 saturated carbocycles. The summed E-state index contributed by atoms with van der Waals surface area (Å²) in [7, 11) is 3.92. The van der Waals surface area contributed by atoms with Gasteiger partial charge in [-0.3, -0.25) is 33.9 Å². The van der Waals surface area contributed by atoms with Gasteiger partial charge >= 0.3 is 5.97 Å². The smallest absolute Gasteiger partial charge is 0.301 e. The number of aromatic nitrogens is 4. The normalized spacial score (nSPS) is 11.8. The fourth-order valence-electron chi connectivity index (χ4n) is 9.44. The molecule has 550 valence electrons. The van der Waals surface area contributed by atoms with Crippen molar-refractivity contribution in [1.82, 2.24) is 19.9 Å². The quantitative estimate of drug-likeness (QED) is 0.0346. The number of aliphatic hydroxyl groups excluding tert-OH is 4. The van der Waals surface area contributed by atoms with E-state index in [4.69, 9.17) is 25.2 Å². The van der Waals surface area contributed by atoms with Crippen molar-refractivity contribution >= 4 is 121 Å². The van der Waals surface area contributed by atoms with Crippen molar-refractivity contribution in [1.29, 1.82) is 0 Å². The van der Waals surface area contributed by atoms with Crippen LogP contribution in [0.2, 0.25) is 0 Å². The van der Waals surface area contributed by atoms with Crippen molar-refractivity contribution in [3.05, 3.63) is 295 Å². The third kappa shape index (κ3) is 29.8. The van der Waals surface area contributed by atoms with Gasteiger partial charge in [0.15, 0.2) is 23.1 Å². The number of carbonyl (C=O) groups excluding carboxylic acids is 5. The number of esters is 1. The zero-order valence-electron chi connectivity index (χ0n) is 58.7. The number of hydrogen-bond acceptors (Lipinski definition) is 18. The average molecular weight is 2170 g/mol. The molecule has 14 rings (SSSR count). The van der Waals surface area contributed by atoms with Gasteiger partial charge in [0.1, 0.15) is 5.01 Å². The van der Waals surface area contributed by atoms with Crippen LogP contribution in [0, 0.1) is 24.6 Å². The van der Waals surface area contributed by atoms with Crippen LogP contribution in [0.3, 0.4) is 0 Å². The molecule has 1 atom stereocenters. The molecule has 5 heterocycles. The summed E-state index contributed by atoms with van der Waals surface area (Å²) in [6.45, 7) is 11.4. The number of allylic oxidation sites excluding steroid dienone is 8. The van der Waals surface area contributed by atoms with Gasteiger partial charge in [-0.05, 0) is 114 Å². The maximum atomic E-state index is 12.4. The summed E-state index contributed by atoms with van der Waals surface area (Å²) in [6.07, 6.45) is 8.47. The Morgan fingerprint density at radius 1 is 0.467 bits per heavy atom. The third-order valence-corrected chi connectivity index (χ3v) is 16.9. The predicted octanol–water partition coefficient (Wildman–Crippen LogP) is 20.1. The molecule has 1 aliphatic heterocycles. The first-order chi connectivity index (χ1) is 48.4. The second-order valence-corrected chi connectivity index (χ2v) is 25.8. The van der Waals surface area contributed by atoms with Crippen LogP contribution in [0.15, 0.2) is 260 Å². The topological polar surface area (TPSA) is 230 Å². The Morgan fingerprint density at radius 3 is 1.30 bits per heavy atom. The van der Waals surface area contributed by atoms with Gasteiger partial charge in [0, 0.05) is 156 Å². The van der Waals surface area contributed by atoms with E-state index >= 15 is 0 Å². The molecule has 22 heteroatoms. The van der Waals surface area contributed by atoms with Gasteiger partial charge in [-0.2, -0.15) is 35.2 Å². The first-order valence-electron chi connectivity index (χ1n) is 31.6. The summed E-state index contributed by atoms with van der Waals surface area (Å²) >= 11 is 4.95. The standard InChI is InChI=1S/C19H12N.C18H15N2O2S.2C13H8NS.4C5H8O2.4Ir/c1-2-7-16-13-17(10-9-14(16)5-1)19-18-8-4-3-6-15(18)11-12-20-19;1-20(2)12-8-7-11-9-13(18(21)22-15(11)10-12)17-19-14-5-3-4-6-16(14)23-17;2*1-2-6-10(7-3-1)13-14-11-8-4-5-9-12(11)15-13;4*1-4(6)3-5(2)7;;;;/h1-9,11-13H;3-10,13H,1-2H3;2*1-6,8-9H;4*3,6H,1-2H3;;;;/q4*-1;;;;;;;;. The monoisotopic (exact) mass is 2170 g/mol. The molecule has 0 amide bonds. The van der Waals surface area contributed by atoms with Crippen molar-refractivity contribution in [2.45, 2.75) is 61.3 Å². The van der Waals surface area contributed by atoms with E-state index in [1.54, 1.807) is 22.7 Å². The third-order valence-electron chi connectivity index (χ3n) is 13.6. The van der Waals surface area contributed by atoms with Crippen LogP contribution in [-0.2, 0) is 104 Å². The molecule has 0 aliphatic carbocycles. The first-order valence-corrected chi connectivity index (χ1v) is 34.0. The van der Waals surface area contributed by atoms with Crippen LogP contribution in [0.1, 0.15) is 71.9 Å². The van der Waals surface area contributed by atoms with Crippen LogP contribution >= 0.6 is 34.0 Å². The number of ketones is 4. The number of ether oxygens (including phenoxy) is 1. The molecule has 4 radical (unpaired) electrons. The molecule has 105 heavy (non-hydrogen) atoms. The maximum absolute atomic E-state index is 12.4. The van der Waals surface area contributed by atoms with Gasteiger partial charge < -0.3 is 35.0 Å². The molecule has 9 aromatic carbocycles. The number of anilines is 1. The maximum Gasteiger partial charge on any atom is 0.301 e. The summed E-state index contributed by atoms with van der Waals surface area (Å²) in [5.41, 5.74) is 9.15. The van der Waals surface area contributed by atoms with E-state index in [-0.39, 0.29) is 133 Å². The molecule has 13 aromatic rings. The molecular weight excluding hydrogens is 2090 g/mol. The number of thiazole rings is 3. The van der Waals surface area contributed by atoms with Gasteiger partial charge in [-0.15, -0.1) is 118 Å². The minimum atomic E-state index is -0.440. The van der Waals surface area contributed by atoms with Crippen LogP contribution in [0.5, 0.6) is 5.75 Å². The van der Waals surface area contributed by atoms with Gasteiger partial charge in [-0.1, -0.05) is 102 Å². The summed E-state index contributed by atoms with van der Waals surface area (Å²) < 4.78 is 9.09. The number of carbonyl (C=O) groups is 5. The van der Waals surface area contributed by atoms with E-state index in [1.807, 2.05) is 177 Å². The first kappa shape index (κ1) is 90.1. The molecule has 4 N–H and O–H groups in total. The van der Waals surface area contributed by atoms with Crippen LogP contribution in [-0.4, -0.2) is 83.6 Å². The average Bonchev–Trinajstić information content (AvgIpc) is 1.77. The van der Waals surface area contributed by atoms with E-state index < -0.39 is 5.92 Å². The second-order valence-electron chi connectivity index (χ2n) is 22.7. The summed E-state index contributed by atoms with van der Waals surface area (Å²) in [5, 5.41) is 41.1. The van der Waals surface area contributed by atoms with Gasteiger partial charge in [0.2, 0.25) is 0 Å². The number of rotatable bonds is 9. The van der Waals surface area contributed by atoms with Crippen molar-refractivity contribution in [3.8, 4) is 38.1 Å². The van der Waals surface area contributed by atoms with Crippen LogP contribution in [0.4, 0.5) is 5.69 Å². The molecule has 0 fully saturated rings. The number of benzene rings is 9. The minimum Gasteiger partial charge on any atom is -0.512 e. The SMILES string of the molecule is CC(=O)C=C(C)O.CC(=O)C=C(C)O.CC(=O)C=C(C)O.CC(=O)C=C(C)O.CN(C)c1ccc2c(c1)OC(=O)C(c1nc3ccccc3s1)[CH-]2.[Ir].[Ir].[Ir].[Ir].[c-]1cc2ccccc2cc1-c1nccc2ccccc12.[c-]1ccccc1-c1nc2ccccc2s1.[c-]1ccccc1-c1nc2ccccc2s1.